The molecule has 1 heterocycles. The Hall–Kier alpha value is -2.11. The summed E-state index contributed by atoms with van der Waals surface area (Å²) in [6, 6.07) is -0.720. The van der Waals surface area contributed by atoms with Crippen LogP contribution in [0.4, 0.5) is 0 Å². The lowest BCUT2D eigenvalue weighted by molar-refractivity contribution is -0.302. The van der Waals surface area contributed by atoms with Gasteiger partial charge in [-0.15, -0.1) is 0 Å². The molecule has 1 fully saturated rings. The number of allylic oxidation sites excluding steroid dienone is 10. The maximum Gasteiger partial charge on any atom is 0.220 e. The number of ether oxygens (including phenoxy) is 2. The number of unbranched alkanes of at least 4 members (excludes halogenated alkanes) is 54. The predicted molar refractivity (Wildman–Crippen MR) is 406 cm³/mol. The van der Waals surface area contributed by atoms with E-state index in [1.165, 1.54) is 321 Å². The molecule has 0 radical (unpaired) electrons. The van der Waals surface area contributed by atoms with Crippen LogP contribution in [0.5, 0.6) is 0 Å². The zero-order valence-corrected chi connectivity index (χ0v) is 62.2. The molecule has 0 aromatic carbocycles. The zero-order chi connectivity index (χ0) is 67.8. The van der Waals surface area contributed by atoms with Gasteiger partial charge in [-0.2, -0.15) is 0 Å². The number of aliphatic hydroxyl groups excluding tert-OH is 5. The zero-order valence-electron chi connectivity index (χ0n) is 62.2. The van der Waals surface area contributed by atoms with Crippen LogP contribution in [0.2, 0.25) is 0 Å². The molecule has 0 aromatic rings. The lowest BCUT2D eigenvalue weighted by atomic mass is 9.99. The highest BCUT2D eigenvalue weighted by Crippen LogP contribution is 2.24. The Morgan fingerprint density at radius 2 is 0.660 bits per heavy atom. The van der Waals surface area contributed by atoms with Gasteiger partial charge in [0.05, 0.1) is 25.4 Å². The number of aliphatic hydroxyl groups is 5. The van der Waals surface area contributed by atoms with Crippen molar-refractivity contribution >= 4 is 5.91 Å². The monoisotopic (exact) mass is 1320 g/mol. The maximum absolute atomic E-state index is 13.2. The molecular weight excluding hydrogens is 1160 g/mol. The number of carbonyl (C=O) groups is 1. The number of hydrogen-bond donors (Lipinski definition) is 6. The summed E-state index contributed by atoms with van der Waals surface area (Å²) in [7, 11) is 0. The SMILES string of the molecule is CC/C=C\C/C=C\C/C=C\C/C=C\C/C=C\CCCCCCCCCCCCCCCCCCCCCCCCCCCC(=O)NC(COC1OC(CO)C(O)C(O)C1O)C(O)CCCCCCCCCCCCCCCCCCCCCCCCCCCCCCCC. The largest absolute Gasteiger partial charge is 0.394 e. The standard InChI is InChI=1S/C85H159NO8/c1-3-5-7-9-11-13-15-17-19-21-23-25-27-29-31-33-35-36-37-38-39-40-41-42-43-44-45-47-49-51-53-55-57-59-61-63-65-67-69-71-73-75-81(89)86-78(77-93-85-84(92)83(91)82(90)80(76-87)94-85)79(88)74-72-70-68-66-64-62-60-58-56-54-52-50-48-46-34-32-30-28-26-24-22-20-18-16-14-12-10-8-6-4-2/h5,7,11,13,17,19,23,25,29,31,78-80,82-85,87-88,90-92H,3-4,6,8-10,12,14-16,18,20-22,24,26-28,30,32-77H2,1-2H3,(H,86,89)/b7-5-,13-11-,19-17-,25-23-,31-29-. The fraction of sp³-hybridized carbons (Fsp3) is 0.871. The predicted octanol–water partition coefficient (Wildman–Crippen LogP) is 24.0. The summed E-state index contributed by atoms with van der Waals surface area (Å²) in [5.41, 5.74) is 0. The van der Waals surface area contributed by atoms with E-state index in [-0.39, 0.29) is 12.5 Å². The van der Waals surface area contributed by atoms with Gasteiger partial charge in [-0.25, -0.2) is 0 Å². The number of nitrogens with one attached hydrogen (secondary N) is 1. The maximum atomic E-state index is 13.2. The molecule has 0 saturated carbocycles. The fourth-order valence-corrected chi connectivity index (χ4v) is 13.5. The Kier molecular flexibility index (Phi) is 70.4. The van der Waals surface area contributed by atoms with E-state index >= 15 is 0 Å². The molecule has 1 saturated heterocycles. The first-order chi connectivity index (χ1) is 46.3. The first kappa shape index (κ1) is 89.9. The van der Waals surface area contributed by atoms with Crippen molar-refractivity contribution in [2.24, 2.45) is 0 Å². The van der Waals surface area contributed by atoms with E-state index in [0.717, 1.165) is 70.6 Å². The average molecular weight is 1320 g/mol. The Bertz CT molecular complexity index is 1680. The Morgan fingerprint density at radius 1 is 0.372 bits per heavy atom. The summed E-state index contributed by atoms with van der Waals surface area (Å²) >= 11 is 0. The van der Waals surface area contributed by atoms with Crippen LogP contribution in [-0.4, -0.2) is 87.5 Å². The highest BCUT2D eigenvalue weighted by molar-refractivity contribution is 5.76. The summed E-state index contributed by atoms with van der Waals surface area (Å²) in [6.07, 6.45) is 96.3. The molecule has 1 aliphatic heterocycles. The Morgan fingerprint density at radius 3 is 0.979 bits per heavy atom. The van der Waals surface area contributed by atoms with Crippen molar-refractivity contribution in [3.05, 3.63) is 60.8 Å². The third-order valence-corrected chi connectivity index (χ3v) is 19.9. The van der Waals surface area contributed by atoms with Crippen LogP contribution in [0.3, 0.4) is 0 Å². The average Bonchev–Trinajstić information content (AvgIpc) is 0.831. The molecule has 7 atom stereocenters. The van der Waals surface area contributed by atoms with E-state index in [2.05, 4.69) is 79.9 Å². The lowest BCUT2D eigenvalue weighted by Crippen LogP contribution is -2.60. The van der Waals surface area contributed by atoms with E-state index in [9.17, 15) is 30.3 Å². The van der Waals surface area contributed by atoms with Crippen molar-refractivity contribution in [3.63, 3.8) is 0 Å². The van der Waals surface area contributed by atoms with E-state index in [1.54, 1.807) is 0 Å². The van der Waals surface area contributed by atoms with Crippen LogP contribution in [0.25, 0.3) is 0 Å². The molecule has 552 valence electrons. The fourth-order valence-electron chi connectivity index (χ4n) is 13.5. The van der Waals surface area contributed by atoms with E-state index in [0.29, 0.717) is 12.8 Å². The normalized spacial score (nSPS) is 17.8. The quantitative estimate of drug-likeness (QED) is 0.0261. The third-order valence-electron chi connectivity index (χ3n) is 19.9. The first-order valence-corrected chi connectivity index (χ1v) is 41.5. The Labute approximate surface area is 583 Å². The second-order valence-electron chi connectivity index (χ2n) is 28.9. The second kappa shape index (κ2) is 73.6. The summed E-state index contributed by atoms with van der Waals surface area (Å²) in [5.74, 6) is -0.135. The highest BCUT2D eigenvalue weighted by Gasteiger charge is 2.44. The third kappa shape index (κ3) is 61.0. The minimum atomic E-state index is -1.55. The molecule has 0 bridgehead atoms. The molecule has 9 heteroatoms. The number of hydrogen-bond acceptors (Lipinski definition) is 8. The van der Waals surface area contributed by atoms with Crippen molar-refractivity contribution in [3.8, 4) is 0 Å². The van der Waals surface area contributed by atoms with Crippen LogP contribution in [0, 0.1) is 0 Å². The molecule has 1 aliphatic rings. The number of rotatable bonds is 74. The summed E-state index contributed by atoms with van der Waals surface area (Å²) in [6.45, 7) is 3.79. The molecule has 7 unspecified atom stereocenters. The van der Waals surface area contributed by atoms with Crippen LogP contribution in [0.15, 0.2) is 60.8 Å². The second-order valence-corrected chi connectivity index (χ2v) is 28.9. The molecule has 9 nitrogen and oxygen atoms in total. The minimum Gasteiger partial charge on any atom is -0.394 e. The van der Waals surface area contributed by atoms with Crippen molar-refractivity contribution in [1.82, 2.24) is 5.32 Å². The molecular formula is C85H159NO8. The van der Waals surface area contributed by atoms with Crippen molar-refractivity contribution in [2.45, 2.75) is 461 Å². The van der Waals surface area contributed by atoms with Gasteiger partial charge >= 0.3 is 0 Å². The van der Waals surface area contributed by atoms with Crippen LogP contribution >= 0.6 is 0 Å². The van der Waals surface area contributed by atoms with Gasteiger partial charge in [0.25, 0.3) is 0 Å². The van der Waals surface area contributed by atoms with Gasteiger partial charge < -0.3 is 40.3 Å². The van der Waals surface area contributed by atoms with Crippen molar-refractivity contribution in [1.29, 1.82) is 0 Å². The smallest absolute Gasteiger partial charge is 0.220 e. The van der Waals surface area contributed by atoms with Gasteiger partial charge in [-0.05, 0) is 57.8 Å². The summed E-state index contributed by atoms with van der Waals surface area (Å²) < 4.78 is 11.4. The van der Waals surface area contributed by atoms with Gasteiger partial charge in [0.1, 0.15) is 24.4 Å². The van der Waals surface area contributed by atoms with Crippen LogP contribution < -0.4 is 5.32 Å². The van der Waals surface area contributed by atoms with Gasteiger partial charge in [0, 0.05) is 6.42 Å². The number of amides is 1. The highest BCUT2D eigenvalue weighted by atomic mass is 16.7. The van der Waals surface area contributed by atoms with Crippen LogP contribution in [0.1, 0.15) is 418 Å². The summed E-state index contributed by atoms with van der Waals surface area (Å²) in [4.78, 5) is 13.2. The summed E-state index contributed by atoms with van der Waals surface area (Å²) in [5, 5.41) is 55.1. The van der Waals surface area contributed by atoms with E-state index in [4.69, 9.17) is 9.47 Å². The van der Waals surface area contributed by atoms with Gasteiger partial charge in [-0.3, -0.25) is 4.79 Å². The van der Waals surface area contributed by atoms with Crippen molar-refractivity contribution in [2.75, 3.05) is 13.2 Å². The van der Waals surface area contributed by atoms with Gasteiger partial charge in [0.2, 0.25) is 5.91 Å². The molecule has 1 amide bonds. The van der Waals surface area contributed by atoms with Gasteiger partial charge in [0.15, 0.2) is 6.29 Å². The number of carbonyl (C=O) groups excluding carboxylic acids is 1. The van der Waals surface area contributed by atoms with E-state index in [1.807, 2.05) is 0 Å². The first-order valence-electron chi connectivity index (χ1n) is 41.5. The minimum absolute atomic E-state index is 0.134. The molecule has 0 spiro atoms. The molecule has 0 aliphatic carbocycles. The van der Waals surface area contributed by atoms with Crippen molar-refractivity contribution < 1.29 is 39.8 Å². The van der Waals surface area contributed by atoms with Gasteiger partial charge in [-0.1, -0.05) is 415 Å². The topological polar surface area (TPSA) is 149 Å². The Balaban J connectivity index is 2.02. The molecule has 1 rings (SSSR count). The lowest BCUT2D eigenvalue weighted by Gasteiger charge is -2.40. The molecule has 0 aromatic heterocycles. The van der Waals surface area contributed by atoms with Crippen LogP contribution in [-0.2, 0) is 14.3 Å². The molecule has 6 N–H and O–H groups in total. The van der Waals surface area contributed by atoms with E-state index < -0.39 is 49.5 Å². The molecule has 94 heavy (non-hydrogen) atoms.